The minimum absolute atomic E-state index is 0.134. The molecule has 2 rings (SSSR count). The summed E-state index contributed by atoms with van der Waals surface area (Å²) in [5, 5.41) is 11.1. The quantitative estimate of drug-likeness (QED) is 0.760. The van der Waals surface area contributed by atoms with Crippen LogP contribution in [0.15, 0.2) is 48.5 Å². The van der Waals surface area contributed by atoms with Crippen molar-refractivity contribution in [1.29, 1.82) is 5.26 Å². The van der Waals surface area contributed by atoms with Crippen molar-refractivity contribution in [2.75, 3.05) is 11.9 Å². The van der Waals surface area contributed by atoms with Crippen LogP contribution in [0.25, 0.3) is 0 Å². The van der Waals surface area contributed by atoms with Crippen molar-refractivity contribution in [3.8, 4) is 11.8 Å². The number of carbonyl (C=O) groups excluding carboxylic acids is 2. The highest BCUT2D eigenvalue weighted by Gasteiger charge is 2.30. The normalized spacial score (nSPS) is 11.8. The summed E-state index contributed by atoms with van der Waals surface area (Å²) in [6, 6.07) is 11.8. The van der Waals surface area contributed by atoms with Gasteiger partial charge in [-0.15, -0.1) is 0 Å². The number of benzene rings is 2. The summed E-state index contributed by atoms with van der Waals surface area (Å²) in [4.78, 5) is 23.7. The van der Waals surface area contributed by atoms with E-state index < -0.39 is 36.3 Å². The highest BCUT2D eigenvalue weighted by atomic mass is 19.4. The van der Waals surface area contributed by atoms with Crippen LogP contribution in [0.2, 0.25) is 0 Å². The summed E-state index contributed by atoms with van der Waals surface area (Å²) in [5.41, 5.74) is -0.275. The molecule has 6 nitrogen and oxygen atoms in total. The highest BCUT2D eigenvalue weighted by molar-refractivity contribution is 5.95. The lowest BCUT2D eigenvalue weighted by atomic mass is 10.2. The van der Waals surface area contributed by atoms with E-state index in [0.717, 1.165) is 24.3 Å². The molecule has 0 bridgehead atoms. The third-order valence-corrected chi connectivity index (χ3v) is 3.50. The third-order valence-electron chi connectivity index (χ3n) is 3.50. The molecule has 2 aromatic carbocycles. The monoisotopic (exact) mass is 392 g/mol. The topological polar surface area (TPSA) is 88.4 Å². The molecule has 0 spiro atoms. The maximum absolute atomic E-state index is 12.5. The van der Waals surface area contributed by atoms with Gasteiger partial charge < -0.3 is 14.8 Å². The van der Waals surface area contributed by atoms with Crippen LogP contribution in [0, 0.1) is 11.3 Å². The summed E-state index contributed by atoms with van der Waals surface area (Å²) in [6.45, 7) is 0.864. The van der Waals surface area contributed by atoms with Crippen molar-refractivity contribution in [2.24, 2.45) is 0 Å². The molecule has 0 radical (unpaired) electrons. The van der Waals surface area contributed by atoms with Gasteiger partial charge >= 0.3 is 12.1 Å². The molecular formula is C19H15F3N2O4. The van der Waals surface area contributed by atoms with Gasteiger partial charge in [-0.2, -0.15) is 18.4 Å². The SMILES string of the molecule is C[C@@H](OC(=O)COc1ccc(C#N)cc1)C(=O)Nc1ccc(C(F)(F)F)cc1. The Bertz CT molecular complexity index is 872. The first-order chi connectivity index (χ1) is 13.2. The second-order valence-electron chi connectivity index (χ2n) is 5.62. The molecule has 0 aliphatic rings. The van der Waals surface area contributed by atoms with E-state index in [1.54, 1.807) is 0 Å². The van der Waals surface area contributed by atoms with E-state index in [1.165, 1.54) is 31.2 Å². The van der Waals surface area contributed by atoms with Crippen molar-refractivity contribution in [1.82, 2.24) is 0 Å². The second-order valence-corrected chi connectivity index (χ2v) is 5.62. The molecule has 0 heterocycles. The van der Waals surface area contributed by atoms with Crippen LogP contribution in [-0.4, -0.2) is 24.6 Å². The number of hydrogen-bond donors (Lipinski definition) is 1. The first kappa shape index (κ1) is 20.8. The van der Waals surface area contributed by atoms with E-state index in [-0.39, 0.29) is 5.69 Å². The molecule has 0 saturated heterocycles. The molecular weight excluding hydrogens is 377 g/mol. The average Bonchev–Trinajstić information content (AvgIpc) is 2.66. The van der Waals surface area contributed by atoms with Gasteiger partial charge in [-0.05, 0) is 55.5 Å². The van der Waals surface area contributed by atoms with Crippen LogP contribution in [0.1, 0.15) is 18.1 Å². The number of hydrogen-bond acceptors (Lipinski definition) is 5. The molecule has 1 atom stereocenters. The van der Waals surface area contributed by atoms with E-state index in [4.69, 9.17) is 14.7 Å². The number of alkyl halides is 3. The number of nitrogens with one attached hydrogen (secondary N) is 1. The number of halogens is 3. The Morgan fingerprint density at radius 2 is 1.71 bits per heavy atom. The van der Waals surface area contributed by atoms with E-state index >= 15 is 0 Å². The highest BCUT2D eigenvalue weighted by Crippen LogP contribution is 2.29. The van der Waals surface area contributed by atoms with Crippen molar-refractivity contribution >= 4 is 17.6 Å². The number of carbonyl (C=O) groups is 2. The van der Waals surface area contributed by atoms with Gasteiger partial charge in [0.05, 0.1) is 17.2 Å². The Kier molecular flexibility index (Phi) is 6.60. The number of nitrogens with zero attached hydrogens (tertiary/aromatic N) is 1. The minimum Gasteiger partial charge on any atom is -0.482 e. The average molecular weight is 392 g/mol. The Balaban J connectivity index is 1.82. The number of anilines is 1. The molecule has 0 aliphatic carbocycles. The van der Waals surface area contributed by atoms with Gasteiger partial charge in [0, 0.05) is 5.69 Å². The maximum atomic E-state index is 12.5. The Morgan fingerprint density at radius 1 is 1.11 bits per heavy atom. The number of amides is 1. The van der Waals surface area contributed by atoms with Crippen LogP contribution >= 0.6 is 0 Å². The van der Waals surface area contributed by atoms with E-state index in [0.29, 0.717) is 11.3 Å². The van der Waals surface area contributed by atoms with Crippen LogP contribution in [0.4, 0.5) is 18.9 Å². The van der Waals surface area contributed by atoms with Crippen molar-refractivity contribution < 1.29 is 32.2 Å². The fourth-order valence-electron chi connectivity index (χ4n) is 2.04. The number of ether oxygens (including phenoxy) is 2. The largest absolute Gasteiger partial charge is 0.482 e. The van der Waals surface area contributed by atoms with Crippen LogP contribution < -0.4 is 10.1 Å². The molecule has 1 N–H and O–H groups in total. The van der Waals surface area contributed by atoms with Gasteiger partial charge in [0.2, 0.25) is 0 Å². The van der Waals surface area contributed by atoms with E-state index in [1.807, 2.05) is 6.07 Å². The zero-order valence-corrected chi connectivity index (χ0v) is 14.6. The molecule has 0 aromatic heterocycles. The van der Waals surface area contributed by atoms with Gasteiger partial charge in [-0.1, -0.05) is 0 Å². The molecule has 0 fully saturated rings. The van der Waals surface area contributed by atoms with E-state index in [9.17, 15) is 22.8 Å². The molecule has 0 saturated carbocycles. The molecule has 2 aromatic rings. The first-order valence-corrected chi connectivity index (χ1v) is 7.99. The molecule has 9 heteroatoms. The Labute approximate surface area is 158 Å². The fraction of sp³-hybridized carbons (Fsp3) is 0.211. The number of nitriles is 1. The number of rotatable bonds is 6. The summed E-state index contributed by atoms with van der Waals surface area (Å²) < 4.78 is 47.7. The second kappa shape index (κ2) is 8.90. The third kappa shape index (κ3) is 6.02. The predicted octanol–water partition coefficient (Wildman–Crippen LogP) is 3.53. The maximum Gasteiger partial charge on any atom is 0.416 e. The van der Waals surface area contributed by atoms with Gasteiger partial charge in [0.15, 0.2) is 12.7 Å². The summed E-state index contributed by atoms with van der Waals surface area (Å²) in [6.07, 6.45) is -5.65. The van der Waals surface area contributed by atoms with E-state index in [2.05, 4.69) is 5.32 Å². The predicted molar refractivity (Wildman–Crippen MR) is 92.3 cm³/mol. The standard InChI is InChI=1S/C19H15F3N2O4/c1-12(18(26)24-15-6-4-14(5-7-15)19(20,21)22)28-17(25)11-27-16-8-2-13(10-23)3-9-16/h2-9,12H,11H2,1H3,(H,24,26)/t12-/m1/s1. The molecule has 146 valence electrons. The fourth-order valence-corrected chi connectivity index (χ4v) is 2.04. The summed E-state index contributed by atoms with van der Waals surface area (Å²) in [5.74, 6) is -1.16. The number of esters is 1. The summed E-state index contributed by atoms with van der Waals surface area (Å²) >= 11 is 0. The van der Waals surface area contributed by atoms with Gasteiger partial charge in [-0.3, -0.25) is 4.79 Å². The van der Waals surface area contributed by atoms with Gasteiger partial charge in [0.1, 0.15) is 5.75 Å². The smallest absolute Gasteiger partial charge is 0.416 e. The minimum atomic E-state index is -4.47. The van der Waals surface area contributed by atoms with Crippen LogP contribution in [-0.2, 0) is 20.5 Å². The lowest BCUT2D eigenvalue weighted by molar-refractivity contribution is -0.155. The lowest BCUT2D eigenvalue weighted by Gasteiger charge is -2.14. The Morgan fingerprint density at radius 3 is 2.25 bits per heavy atom. The molecule has 28 heavy (non-hydrogen) atoms. The van der Waals surface area contributed by atoms with Crippen molar-refractivity contribution in [2.45, 2.75) is 19.2 Å². The van der Waals surface area contributed by atoms with Crippen LogP contribution in [0.5, 0.6) is 5.75 Å². The van der Waals surface area contributed by atoms with Gasteiger partial charge in [0.25, 0.3) is 5.91 Å². The zero-order valence-electron chi connectivity index (χ0n) is 14.6. The molecule has 0 aliphatic heterocycles. The van der Waals surface area contributed by atoms with Crippen molar-refractivity contribution in [3.05, 3.63) is 59.7 Å². The van der Waals surface area contributed by atoms with Crippen molar-refractivity contribution in [3.63, 3.8) is 0 Å². The Hall–Kier alpha value is -3.54. The van der Waals surface area contributed by atoms with Gasteiger partial charge in [-0.25, -0.2) is 4.79 Å². The lowest BCUT2D eigenvalue weighted by Crippen LogP contribution is -2.31. The zero-order chi connectivity index (χ0) is 20.7. The van der Waals surface area contributed by atoms with Crippen LogP contribution in [0.3, 0.4) is 0 Å². The molecule has 1 amide bonds. The molecule has 0 unspecified atom stereocenters. The first-order valence-electron chi connectivity index (χ1n) is 7.99. The summed E-state index contributed by atoms with van der Waals surface area (Å²) in [7, 11) is 0.